The third-order valence-electron chi connectivity index (χ3n) is 6.08. The Hall–Kier alpha value is -3.44. The largest absolute Gasteiger partial charge is 0.419 e. The average Bonchev–Trinajstić information content (AvgIpc) is 3.41. The van der Waals surface area contributed by atoms with E-state index in [0.717, 1.165) is 34.5 Å². The van der Waals surface area contributed by atoms with E-state index in [-0.39, 0.29) is 11.6 Å². The number of benzene rings is 2. The van der Waals surface area contributed by atoms with Gasteiger partial charge >= 0.3 is 5.68 Å². The van der Waals surface area contributed by atoms with Crippen molar-refractivity contribution in [1.29, 1.82) is 0 Å². The van der Waals surface area contributed by atoms with Gasteiger partial charge in [0, 0.05) is 16.5 Å². The van der Waals surface area contributed by atoms with E-state index in [1.165, 1.54) is 16.7 Å². The first-order chi connectivity index (χ1) is 15.2. The number of aryl methyl sites for hydroxylation is 2. The topological polar surface area (TPSA) is 47.5 Å². The molecule has 0 spiro atoms. The van der Waals surface area contributed by atoms with E-state index in [2.05, 4.69) is 49.4 Å². The zero-order valence-corrected chi connectivity index (χ0v) is 17.9. The summed E-state index contributed by atoms with van der Waals surface area (Å²) in [5.41, 5.74) is 7.39. The van der Waals surface area contributed by atoms with Crippen LogP contribution in [-0.4, -0.2) is 4.57 Å². The third-order valence-corrected chi connectivity index (χ3v) is 6.90. The molecule has 152 valence electrons. The van der Waals surface area contributed by atoms with E-state index in [1.54, 1.807) is 15.9 Å². The number of nitrogens with zero attached hydrogens (tertiary/aromatic N) is 2. The predicted molar refractivity (Wildman–Crippen MR) is 123 cm³/mol. The Morgan fingerprint density at radius 2 is 1.90 bits per heavy atom. The fourth-order valence-electron chi connectivity index (χ4n) is 4.57. The molecule has 5 heteroatoms. The number of fused-ring (bicyclic) bond motifs is 3. The number of hydrogen-bond donors (Lipinski definition) is 0. The van der Waals surface area contributed by atoms with Crippen molar-refractivity contribution >= 4 is 23.1 Å². The van der Waals surface area contributed by atoms with Crippen LogP contribution in [0.3, 0.4) is 0 Å². The summed E-state index contributed by atoms with van der Waals surface area (Å²) in [5.74, 6) is 0. The minimum absolute atomic E-state index is 0.136. The Morgan fingerprint density at radius 1 is 1.06 bits per heavy atom. The monoisotopic (exact) mass is 424 g/mol. The molecular formula is C26H20N2O2S. The van der Waals surface area contributed by atoms with Crippen molar-refractivity contribution < 1.29 is 4.42 Å². The summed E-state index contributed by atoms with van der Waals surface area (Å²) < 4.78 is 7.78. The lowest BCUT2D eigenvalue weighted by Crippen LogP contribution is -2.38. The molecule has 4 nitrogen and oxygen atoms in total. The van der Waals surface area contributed by atoms with Crippen LogP contribution in [0.4, 0.5) is 0 Å². The second kappa shape index (κ2) is 7.06. The number of rotatable bonds is 2. The number of aromatic nitrogens is 1. The quantitative estimate of drug-likeness (QED) is 0.484. The summed E-state index contributed by atoms with van der Waals surface area (Å²) in [6.07, 6.45) is 3.63. The van der Waals surface area contributed by atoms with Crippen LogP contribution in [0.25, 0.3) is 11.8 Å². The van der Waals surface area contributed by atoms with Gasteiger partial charge in [-0.2, -0.15) is 4.99 Å². The zero-order chi connectivity index (χ0) is 20.9. The third kappa shape index (κ3) is 2.96. The van der Waals surface area contributed by atoms with Crippen molar-refractivity contribution in [3.8, 4) is 0 Å². The van der Waals surface area contributed by atoms with E-state index in [0.29, 0.717) is 11.1 Å². The van der Waals surface area contributed by atoms with Crippen LogP contribution >= 0.6 is 11.3 Å². The molecule has 1 atom stereocenters. The molecule has 0 amide bonds. The van der Waals surface area contributed by atoms with Gasteiger partial charge in [0.15, 0.2) is 5.42 Å². The molecule has 0 radical (unpaired) electrons. The van der Waals surface area contributed by atoms with Crippen molar-refractivity contribution in [3.05, 3.63) is 120 Å². The Labute approximate surface area is 183 Å². The molecule has 0 saturated heterocycles. The van der Waals surface area contributed by atoms with E-state index in [4.69, 9.17) is 9.41 Å². The molecule has 31 heavy (non-hydrogen) atoms. The highest BCUT2D eigenvalue weighted by Crippen LogP contribution is 2.40. The minimum Gasteiger partial charge on any atom is -0.419 e. The zero-order valence-electron chi connectivity index (χ0n) is 17.0. The van der Waals surface area contributed by atoms with Gasteiger partial charge in [-0.3, -0.25) is 4.79 Å². The molecule has 0 N–H and O–H groups in total. The van der Waals surface area contributed by atoms with Crippen LogP contribution in [-0.2, 0) is 6.42 Å². The molecule has 1 aliphatic carbocycles. The molecule has 2 aromatic carbocycles. The Balaban J connectivity index is 1.65. The van der Waals surface area contributed by atoms with Crippen LogP contribution in [0.1, 0.15) is 39.6 Å². The SMILES string of the molecule is Cc1ccc(C2C3=C(N=c4o/c(=C\c5cccs5)c(=O)n42)c2ccccc2CC3)cc1. The summed E-state index contributed by atoms with van der Waals surface area (Å²) in [6, 6.07) is 20.6. The fraction of sp³-hybridized carbons (Fsp3) is 0.154. The Morgan fingerprint density at radius 3 is 2.71 bits per heavy atom. The fourth-order valence-corrected chi connectivity index (χ4v) is 5.22. The van der Waals surface area contributed by atoms with Gasteiger partial charge in [0.2, 0.25) is 0 Å². The maximum atomic E-state index is 13.5. The molecule has 1 aliphatic heterocycles. The van der Waals surface area contributed by atoms with E-state index >= 15 is 0 Å². The van der Waals surface area contributed by atoms with Crippen LogP contribution in [0.2, 0.25) is 0 Å². The van der Waals surface area contributed by atoms with Gasteiger partial charge in [0.1, 0.15) is 0 Å². The average molecular weight is 425 g/mol. The highest BCUT2D eigenvalue weighted by molar-refractivity contribution is 7.10. The van der Waals surface area contributed by atoms with E-state index < -0.39 is 0 Å². The Kier molecular flexibility index (Phi) is 4.18. The smallest absolute Gasteiger partial charge is 0.306 e. The molecule has 2 aromatic heterocycles. The van der Waals surface area contributed by atoms with Crippen LogP contribution in [0.5, 0.6) is 0 Å². The molecule has 4 aromatic rings. The van der Waals surface area contributed by atoms with Gasteiger partial charge in [-0.05, 0) is 47.9 Å². The second-order valence-electron chi connectivity index (χ2n) is 8.04. The summed E-state index contributed by atoms with van der Waals surface area (Å²) in [4.78, 5) is 19.3. The van der Waals surface area contributed by atoms with Gasteiger partial charge in [-0.25, -0.2) is 4.57 Å². The van der Waals surface area contributed by atoms with Crippen molar-refractivity contribution in [3.63, 3.8) is 0 Å². The molecule has 6 rings (SSSR count). The van der Waals surface area contributed by atoms with Gasteiger partial charge in [0.25, 0.3) is 5.56 Å². The number of allylic oxidation sites excluding steroid dienone is 1. The lowest BCUT2D eigenvalue weighted by Gasteiger charge is -2.30. The van der Waals surface area contributed by atoms with E-state index in [9.17, 15) is 4.79 Å². The number of hydrogen-bond acceptors (Lipinski definition) is 4. The van der Waals surface area contributed by atoms with E-state index in [1.807, 2.05) is 29.7 Å². The maximum absolute atomic E-state index is 13.5. The molecule has 0 saturated carbocycles. The van der Waals surface area contributed by atoms with Crippen LogP contribution < -0.4 is 16.7 Å². The minimum atomic E-state index is -0.210. The van der Waals surface area contributed by atoms with Crippen molar-refractivity contribution in [2.24, 2.45) is 4.99 Å². The molecular weight excluding hydrogens is 404 g/mol. The first kappa shape index (κ1) is 18.3. The number of oxazole rings is 1. The maximum Gasteiger partial charge on any atom is 0.306 e. The normalized spacial score (nSPS) is 17.7. The van der Waals surface area contributed by atoms with Gasteiger partial charge in [-0.15, -0.1) is 11.3 Å². The summed E-state index contributed by atoms with van der Waals surface area (Å²) in [5, 5.41) is 1.99. The van der Waals surface area contributed by atoms with Crippen LogP contribution in [0, 0.1) is 6.92 Å². The second-order valence-corrected chi connectivity index (χ2v) is 9.02. The van der Waals surface area contributed by atoms with Crippen molar-refractivity contribution in [2.75, 3.05) is 0 Å². The van der Waals surface area contributed by atoms with Gasteiger partial charge in [-0.1, -0.05) is 60.2 Å². The first-order valence-electron chi connectivity index (χ1n) is 10.4. The lowest BCUT2D eigenvalue weighted by molar-refractivity contribution is 0.427. The Bertz CT molecular complexity index is 1500. The predicted octanol–water partition coefficient (Wildman–Crippen LogP) is 4.22. The molecule has 0 bridgehead atoms. The van der Waals surface area contributed by atoms with Gasteiger partial charge < -0.3 is 4.42 Å². The van der Waals surface area contributed by atoms with Crippen molar-refractivity contribution in [2.45, 2.75) is 25.8 Å². The molecule has 2 aliphatic rings. The van der Waals surface area contributed by atoms with Crippen molar-refractivity contribution in [1.82, 2.24) is 4.57 Å². The highest BCUT2D eigenvalue weighted by atomic mass is 32.1. The lowest BCUT2D eigenvalue weighted by atomic mass is 9.83. The van der Waals surface area contributed by atoms with Gasteiger partial charge in [0.05, 0.1) is 11.7 Å². The van der Waals surface area contributed by atoms with Crippen LogP contribution in [0.15, 0.2) is 85.8 Å². The summed E-state index contributed by atoms with van der Waals surface area (Å²) in [6.45, 7) is 2.07. The number of thiophene rings is 1. The standard InChI is InChI=1S/C26H20N2O2S/c1-16-8-10-18(11-9-16)24-21-13-12-17-5-2-3-7-20(17)23(21)27-26-28(24)25(29)22(30-26)15-19-6-4-14-31-19/h2-11,14-15,24H,12-13H2,1H3/b22-15-. The summed E-state index contributed by atoms with van der Waals surface area (Å²) in [7, 11) is 0. The summed E-state index contributed by atoms with van der Waals surface area (Å²) >= 11 is 1.58. The molecule has 1 unspecified atom stereocenters. The molecule has 0 fully saturated rings. The molecule has 3 heterocycles. The first-order valence-corrected chi connectivity index (χ1v) is 11.3. The highest BCUT2D eigenvalue weighted by Gasteiger charge is 2.33.